The van der Waals surface area contributed by atoms with Gasteiger partial charge in [0.05, 0.1) is 9.52 Å². The molecular weight excluding hydrogens is 328 g/mol. The predicted molar refractivity (Wildman–Crippen MR) is 115 cm³/mol. The van der Waals surface area contributed by atoms with Crippen LogP contribution in [0.3, 0.4) is 0 Å². The average Bonchev–Trinajstić information content (AvgIpc) is 3.32. The maximum atomic E-state index is 2.46. The fraction of sp³-hybridized carbons (Fsp3) is 0.120. The number of rotatable bonds is 4. The SMILES string of the molecule is C1=CC(C([SiH2]c2ccccc2)C2C=Cc3ccccc32)c2ccccc21. The molecule has 3 aromatic rings. The minimum absolute atomic E-state index is 0.438. The molecule has 26 heavy (non-hydrogen) atoms. The monoisotopic (exact) mass is 350 g/mol. The van der Waals surface area contributed by atoms with Crippen molar-refractivity contribution in [1.29, 1.82) is 0 Å². The molecule has 0 amide bonds. The van der Waals surface area contributed by atoms with Crippen molar-refractivity contribution in [3.63, 3.8) is 0 Å². The van der Waals surface area contributed by atoms with Gasteiger partial charge in [-0.05, 0) is 27.8 Å². The fourth-order valence-electron chi connectivity index (χ4n) is 4.66. The largest absolute Gasteiger partial charge is 0.0764 e. The second-order valence-electron chi connectivity index (χ2n) is 7.38. The first kappa shape index (κ1) is 15.6. The van der Waals surface area contributed by atoms with E-state index in [0.717, 1.165) is 0 Å². The van der Waals surface area contributed by atoms with E-state index in [0.29, 0.717) is 17.4 Å². The molecule has 0 saturated carbocycles. The smallest absolute Gasteiger partial charge is 0.0597 e. The van der Waals surface area contributed by atoms with E-state index >= 15 is 0 Å². The van der Waals surface area contributed by atoms with E-state index in [1.807, 2.05) is 0 Å². The van der Waals surface area contributed by atoms with Crippen LogP contribution >= 0.6 is 0 Å². The number of hydrogen-bond donors (Lipinski definition) is 0. The summed E-state index contributed by atoms with van der Waals surface area (Å²) in [6.07, 6.45) is 9.58. The number of fused-ring (bicyclic) bond motifs is 2. The summed E-state index contributed by atoms with van der Waals surface area (Å²) >= 11 is 0. The Morgan fingerprint density at radius 3 is 1.65 bits per heavy atom. The minimum atomic E-state index is -0.438. The average molecular weight is 351 g/mol. The second-order valence-corrected chi connectivity index (χ2v) is 9.55. The van der Waals surface area contributed by atoms with Gasteiger partial charge in [-0.25, -0.2) is 0 Å². The van der Waals surface area contributed by atoms with Crippen molar-refractivity contribution in [2.75, 3.05) is 0 Å². The molecule has 2 aliphatic rings. The van der Waals surface area contributed by atoms with Crippen molar-refractivity contribution in [3.8, 4) is 0 Å². The molecule has 0 radical (unpaired) electrons. The van der Waals surface area contributed by atoms with Crippen molar-refractivity contribution < 1.29 is 0 Å². The highest BCUT2D eigenvalue weighted by Crippen LogP contribution is 2.48. The third-order valence-electron chi connectivity index (χ3n) is 5.91. The number of benzene rings is 3. The Bertz CT molecular complexity index is 922. The van der Waals surface area contributed by atoms with E-state index in [-0.39, 0.29) is 0 Å². The van der Waals surface area contributed by atoms with Gasteiger partial charge in [0, 0.05) is 11.8 Å². The quantitative estimate of drug-likeness (QED) is 0.588. The van der Waals surface area contributed by atoms with Crippen LogP contribution in [0.25, 0.3) is 12.2 Å². The van der Waals surface area contributed by atoms with Crippen LogP contribution in [0.5, 0.6) is 0 Å². The summed E-state index contributed by atoms with van der Waals surface area (Å²) in [7, 11) is -0.438. The van der Waals surface area contributed by atoms with Crippen LogP contribution in [0.2, 0.25) is 5.54 Å². The van der Waals surface area contributed by atoms with Crippen molar-refractivity contribution in [3.05, 3.63) is 113 Å². The third kappa shape index (κ3) is 2.69. The van der Waals surface area contributed by atoms with Gasteiger partial charge in [0.25, 0.3) is 0 Å². The van der Waals surface area contributed by atoms with Crippen LogP contribution in [-0.4, -0.2) is 9.52 Å². The number of hydrogen-bond acceptors (Lipinski definition) is 0. The molecule has 0 nitrogen and oxygen atoms in total. The molecular formula is C25H22Si. The van der Waals surface area contributed by atoms with Crippen molar-refractivity contribution in [1.82, 2.24) is 0 Å². The van der Waals surface area contributed by atoms with Gasteiger partial charge in [0.2, 0.25) is 0 Å². The molecule has 0 saturated heterocycles. The summed E-state index contributed by atoms with van der Waals surface area (Å²) < 4.78 is 0. The topological polar surface area (TPSA) is 0 Å². The first-order valence-corrected chi connectivity index (χ1v) is 11.0. The molecule has 0 heterocycles. The highest BCUT2D eigenvalue weighted by atomic mass is 28.2. The van der Waals surface area contributed by atoms with E-state index in [4.69, 9.17) is 0 Å². The third-order valence-corrected chi connectivity index (χ3v) is 8.34. The summed E-state index contributed by atoms with van der Waals surface area (Å²) in [5.74, 6) is 1.05. The minimum Gasteiger partial charge on any atom is -0.0764 e. The Balaban J connectivity index is 1.57. The molecule has 0 aromatic heterocycles. The van der Waals surface area contributed by atoms with Crippen LogP contribution in [-0.2, 0) is 0 Å². The normalized spacial score (nSPS) is 21.2. The molecule has 2 atom stereocenters. The predicted octanol–water partition coefficient (Wildman–Crippen LogP) is 4.89. The maximum Gasteiger partial charge on any atom is 0.0597 e. The van der Waals surface area contributed by atoms with Gasteiger partial charge in [0.15, 0.2) is 0 Å². The van der Waals surface area contributed by atoms with Crippen LogP contribution in [0.4, 0.5) is 0 Å². The highest BCUT2D eigenvalue weighted by molar-refractivity contribution is 6.55. The van der Waals surface area contributed by atoms with E-state index in [2.05, 4.69) is 103 Å². The van der Waals surface area contributed by atoms with Crippen LogP contribution in [0.1, 0.15) is 34.1 Å². The zero-order chi connectivity index (χ0) is 17.3. The highest BCUT2D eigenvalue weighted by Gasteiger charge is 2.34. The molecule has 0 fully saturated rings. The molecule has 0 aliphatic heterocycles. The van der Waals surface area contributed by atoms with Gasteiger partial charge >= 0.3 is 0 Å². The van der Waals surface area contributed by atoms with E-state index in [9.17, 15) is 0 Å². The van der Waals surface area contributed by atoms with Crippen molar-refractivity contribution in [2.45, 2.75) is 17.4 Å². The lowest BCUT2D eigenvalue weighted by Crippen LogP contribution is -2.26. The van der Waals surface area contributed by atoms with Crippen LogP contribution < -0.4 is 5.19 Å². The van der Waals surface area contributed by atoms with Crippen molar-refractivity contribution in [2.24, 2.45) is 0 Å². The standard InChI is InChI=1S/C25H22Si/c1-2-10-20(11-3-1)26-25(23-16-14-18-8-4-6-12-21(18)23)24-17-15-19-9-5-7-13-22(19)24/h1-17,23-25H,26H2. The summed E-state index contributed by atoms with van der Waals surface area (Å²) in [6, 6.07) is 29.0. The zero-order valence-corrected chi connectivity index (χ0v) is 16.2. The molecule has 3 aromatic carbocycles. The Morgan fingerprint density at radius 1 is 0.577 bits per heavy atom. The van der Waals surface area contributed by atoms with Gasteiger partial charge in [0.1, 0.15) is 0 Å². The van der Waals surface area contributed by atoms with Gasteiger partial charge in [-0.3, -0.25) is 0 Å². The molecule has 0 bridgehead atoms. The summed E-state index contributed by atoms with van der Waals surface area (Å²) in [6.45, 7) is 0. The summed E-state index contributed by atoms with van der Waals surface area (Å²) in [4.78, 5) is 0. The van der Waals surface area contributed by atoms with Gasteiger partial charge in [-0.2, -0.15) is 0 Å². The van der Waals surface area contributed by atoms with Gasteiger partial charge in [-0.15, -0.1) is 0 Å². The van der Waals surface area contributed by atoms with Crippen molar-refractivity contribution >= 4 is 26.9 Å². The van der Waals surface area contributed by atoms with Crippen LogP contribution in [0, 0.1) is 0 Å². The lowest BCUT2D eigenvalue weighted by atomic mass is 9.86. The molecule has 2 aliphatic carbocycles. The Hall–Kier alpha value is -2.64. The zero-order valence-electron chi connectivity index (χ0n) is 14.8. The first-order chi connectivity index (χ1) is 12.9. The molecule has 1 heteroatoms. The summed E-state index contributed by atoms with van der Waals surface area (Å²) in [5.41, 5.74) is 6.49. The molecule has 2 unspecified atom stereocenters. The Labute approximate surface area is 157 Å². The Kier molecular flexibility index (Phi) is 3.95. The lowest BCUT2D eigenvalue weighted by Gasteiger charge is -2.29. The lowest BCUT2D eigenvalue weighted by molar-refractivity contribution is 0.679. The summed E-state index contributed by atoms with van der Waals surface area (Å²) in [5, 5.41) is 1.56. The van der Waals surface area contributed by atoms with E-state index < -0.39 is 9.52 Å². The molecule has 0 spiro atoms. The van der Waals surface area contributed by atoms with Crippen LogP contribution in [0.15, 0.2) is 91.0 Å². The molecule has 0 N–H and O–H groups in total. The van der Waals surface area contributed by atoms with E-state index in [1.54, 1.807) is 5.19 Å². The fourth-order valence-corrected chi connectivity index (χ4v) is 7.08. The maximum absolute atomic E-state index is 2.46. The second kappa shape index (κ2) is 6.58. The van der Waals surface area contributed by atoms with E-state index in [1.165, 1.54) is 22.3 Å². The number of allylic oxidation sites excluding steroid dienone is 2. The Morgan fingerprint density at radius 2 is 1.08 bits per heavy atom. The van der Waals surface area contributed by atoms with Gasteiger partial charge < -0.3 is 0 Å². The molecule has 126 valence electrons. The first-order valence-electron chi connectivity index (χ1n) is 9.48. The van der Waals surface area contributed by atoms with Gasteiger partial charge in [-0.1, -0.05) is 108 Å². The molecule has 5 rings (SSSR count).